The molecule has 0 aromatic carbocycles. The third-order valence-electron chi connectivity index (χ3n) is 4.76. The maximum Gasteiger partial charge on any atom is 0.252 e. The van der Waals surface area contributed by atoms with Crippen LogP contribution in [0.1, 0.15) is 38.5 Å². The fourth-order valence-corrected chi connectivity index (χ4v) is 3.06. The first-order valence-corrected chi connectivity index (χ1v) is 7.36. The SMILES string of the molecule is O=C(CC1CC1(F)F)NCC1(CN2CCCC2)CC1. The molecule has 108 valence electrons. The van der Waals surface area contributed by atoms with Gasteiger partial charge in [-0.15, -0.1) is 0 Å². The third kappa shape index (κ3) is 3.25. The summed E-state index contributed by atoms with van der Waals surface area (Å²) in [7, 11) is 0. The van der Waals surface area contributed by atoms with Crippen molar-refractivity contribution in [1.82, 2.24) is 10.2 Å². The summed E-state index contributed by atoms with van der Waals surface area (Å²) >= 11 is 0. The van der Waals surface area contributed by atoms with E-state index in [9.17, 15) is 13.6 Å². The second kappa shape index (κ2) is 4.69. The molecule has 1 saturated heterocycles. The van der Waals surface area contributed by atoms with Gasteiger partial charge in [-0.25, -0.2) is 8.78 Å². The van der Waals surface area contributed by atoms with E-state index in [4.69, 9.17) is 0 Å². The Hall–Kier alpha value is -0.710. The topological polar surface area (TPSA) is 32.3 Å². The number of carbonyl (C=O) groups excluding carboxylic acids is 1. The largest absolute Gasteiger partial charge is 0.355 e. The molecule has 2 aliphatic carbocycles. The summed E-state index contributed by atoms with van der Waals surface area (Å²) in [6.45, 7) is 4.07. The summed E-state index contributed by atoms with van der Waals surface area (Å²) in [4.78, 5) is 14.1. The van der Waals surface area contributed by atoms with Crippen LogP contribution in [0.2, 0.25) is 0 Å². The van der Waals surface area contributed by atoms with Gasteiger partial charge in [-0.2, -0.15) is 0 Å². The van der Waals surface area contributed by atoms with E-state index in [2.05, 4.69) is 10.2 Å². The van der Waals surface area contributed by atoms with E-state index in [1.54, 1.807) is 0 Å². The first-order valence-electron chi connectivity index (χ1n) is 7.36. The Kier molecular flexibility index (Phi) is 3.28. The quantitative estimate of drug-likeness (QED) is 0.802. The standard InChI is InChI=1S/C14H22F2N2O/c15-14(16)8-11(14)7-12(19)17-9-13(3-4-13)10-18-5-1-2-6-18/h11H,1-10H2,(H,17,19). The Morgan fingerprint density at radius 3 is 2.42 bits per heavy atom. The molecule has 5 heteroatoms. The molecule has 0 radical (unpaired) electrons. The lowest BCUT2D eigenvalue weighted by atomic mass is 10.1. The van der Waals surface area contributed by atoms with E-state index in [0.717, 1.165) is 19.4 Å². The van der Waals surface area contributed by atoms with Crippen LogP contribution in [0.15, 0.2) is 0 Å². The van der Waals surface area contributed by atoms with Gasteiger partial charge >= 0.3 is 0 Å². The minimum atomic E-state index is -2.58. The second-order valence-corrected chi connectivity index (χ2v) is 6.63. The molecular formula is C14H22F2N2O. The van der Waals surface area contributed by atoms with Crippen LogP contribution in [0, 0.1) is 11.3 Å². The zero-order valence-electron chi connectivity index (χ0n) is 11.3. The van der Waals surface area contributed by atoms with Crippen LogP contribution in [0.25, 0.3) is 0 Å². The molecule has 1 N–H and O–H groups in total. The normalized spacial score (nSPS) is 31.2. The summed E-state index contributed by atoms with van der Waals surface area (Å²) in [5.41, 5.74) is 0.242. The van der Waals surface area contributed by atoms with Gasteiger partial charge in [-0.3, -0.25) is 4.79 Å². The fraction of sp³-hybridized carbons (Fsp3) is 0.929. The highest BCUT2D eigenvalue weighted by atomic mass is 19.3. The maximum absolute atomic E-state index is 12.7. The van der Waals surface area contributed by atoms with Crippen LogP contribution in [-0.4, -0.2) is 42.9 Å². The van der Waals surface area contributed by atoms with Crippen molar-refractivity contribution in [3.05, 3.63) is 0 Å². The number of amides is 1. The molecule has 1 amide bonds. The molecule has 0 aromatic rings. The molecule has 1 aliphatic heterocycles. The Morgan fingerprint density at radius 1 is 1.26 bits per heavy atom. The van der Waals surface area contributed by atoms with Crippen molar-refractivity contribution in [2.24, 2.45) is 11.3 Å². The molecule has 3 nitrogen and oxygen atoms in total. The van der Waals surface area contributed by atoms with Crippen LogP contribution in [-0.2, 0) is 4.79 Å². The minimum Gasteiger partial charge on any atom is -0.355 e. The molecule has 1 unspecified atom stereocenters. The first-order chi connectivity index (χ1) is 8.99. The number of halogens is 2. The molecule has 0 spiro atoms. The van der Waals surface area contributed by atoms with Gasteiger partial charge in [0, 0.05) is 37.3 Å². The molecule has 3 rings (SSSR count). The van der Waals surface area contributed by atoms with Gasteiger partial charge in [-0.05, 0) is 38.8 Å². The molecular weight excluding hydrogens is 250 g/mol. The Morgan fingerprint density at radius 2 is 1.89 bits per heavy atom. The minimum absolute atomic E-state index is 0.00715. The molecule has 19 heavy (non-hydrogen) atoms. The number of nitrogens with one attached hydrogen (secondary N) is 1. The van der Waals surface area contributed by atoms with E-state index in [0.29, 0.717) is 6.54 Å². The van der Waals surface area contributed by atoms with Crippen LogP contribution < -0.4 is 5.32 Å². The number of alkyl halides is 2. The van der Waals surface area contributed by atoms with E-state index >= 15 is 0 Å². The van der Waals surface area contributed by atoms with Crippen LogP contribution in [0.3, 0.4) is 0 Å². The molecule has 1 heterocycles. The monoisotopic (exact) mass is 272 g/mol. The van der Waals surface area contributed by atoms with Gasteiger partial charge < -0.3 is 10.2 Å². The van der Waals surface area contributed by atoms with Crippen LogP contribution in [0.5, 0.6) is 0 Å². The highest BCUT2D eigenvalue weighted by molar-refractivity contribution is 5.76. The zero-order chi connectivity index (χ0) is 13.5. The van der Waals surface area contributed by atoms with Gasteiger partial charge in [0.05, 0.1) is 0 Å². The molecule has 2 saturated carbocycles. The van der Waals surface area contributed by atoms with Crippen molar-refractivity contribution in [2.75, 3.05) is 26.2 Å². The smallest absolute Gasteiger partial charge is 0.252 e. The fourth-order valence-electron chi connectivity index (χ4n) is 3.06. The Balaban J connectivity index is 1.38. The van der Waals surface area contributed by atoms with Gasteiger partial charge in [-0.1, -0.05) is 0 Å². The summed E-state index contributed by atoms with van der Waals surface area (Å²) < 4.78 is 25.5. The third-order valence-corrected chi connectivity index (χ3v) is 4.76. The molecule has 0 aromatic heterocycles. The highest BCUT2D eigenvalue weighted by Crippen LogP contribution is 2.50. The van der Waals surface area contributed by atoms with Gasteiger partial charge in [0.1, 0.15) is 0 Å². The highest BCUT2D eigenvalue weighted by Gasteiger charge is 2.57. The molecule has 3 fully saturated rings. The predicted molar refractivity (Wildman–Crippen MR) is 68.0 cm³/mol. The van der Waals surface area contributed by atoms with Crippen LogP contribution >= 0.6 is 0 Å². The van der Waals surface area contributed by atoms with Crippen molar-refractivity contribution in [1.29, 1.82) is 0 Å². The lowest BCUT2D eigenvalue weighted by molar-refractivity contribution is -0.122. The van der Waals surface area contributed by atoms with E-state index in [-0.39, 0.29) is 24.2 Å². The van der Waals surface area contributed by atoms with Crippen LogP contribution in [0.4, 0.5) is 8.78 Å². The summed E-state index contributed by atoms with van der Waals surface area (Å²) in [5, 5.41) is 2.87. The number of nitrogens with zero attached hydrogens (tertiary/aromatic N) is 1. The Labute approximate surface area is 112 Å². The average molecular weight is 272 g/mol. The Bertz CT molecular complexity index is 362. The second-order valence-electron chi connectivity index (χ2n) is 6.63. The number of hydrogen-bond donors (Lipinski definition) is 1. The molecule has 3 aliphatic rings. The number of carbonyl (C=O) groups is 1. The lowest BCUT2D eigenvalue weighted by Gasteiger charge is -2.23. The van der Waals surface area contributed by atoms with E-state index in [1.807, 2.05) is 0 Å². The van der Waals surface area contributed by atoms with Crippen molar-refractivity contribution in [2.45, 2.75) is 44.4 Å². The van der Waals surface area contributed by atoms with E-state index in [1.165, 1.54) is 25.9 Å². The first kappa shape index (κ1) is 13.3. The molecule has 1 atom stereocenters. The maximum atomic E-state index is 12.7. The van der Waals surface area contributed by atoms with Gasteiger partial charge in [0.25, 0.3) is 5.92 Å². The number of likely N-dealkylation sites (tertiary alicyclic amines) is 1. The van der Waals surface area contributed by atoms with Crippen molar-refractivity contribution in [3.63, 3.8) is 0 Å². The number of hydrogen-bond acceptors (Lipinski definition) is 2. The predicted octanol–water partition coefficient (Wildman–Crippen LogP) is 2.02. The van der Waals surface area contributed by atoms with Crippen molar-refractivity contribution in [3.8, 4) is 0 Å². The number of rotatable bonds is 6. The summed E-state index contributed by atoms with van der Waals surface area (Å²) in [6, 6.07) is 0. The van der Waals surface area contributed by atoms with E-state index < -0.39 is 11.8 Å². The van der Waals surface area contributed by atoms with Gasteiger partial charge in [0.15, 0.2) is 0 Å². The lowest BCUT2D eigenvalue weighted by Crippen LogP contribution is -2.37. The molecule has 0 bridgehead atoms. The van der Waals surface area contributed by atoms with Crippen molar-refractivity contribution < 1.29 is 13.6 Å². The van der Waals surface area contributed by atoms with Gasteiger partial charge in [0.2, 0.25) is 5.91 Å². The van der Waals surface area contributed by atoms with Crippen molar-refractivity contribution >= 4 is 5.91 Å². The summed E-state index contributed by atoms with van der Waals surface area (Å²) in [6.07, 6.45) is 4.75. The summed E-state index contributed by atoms with van der Waals surface area (Å²) in [5.74, 6) is -3.49. The zero-order valence-corrected chi connectivity index (χ0v) is 11.3. The average Bonchev–Trinajstić information content (AvgIpc) is 3.13.